The van der Waals surface area contributed by atoms with Crippen molar-refractivity contribution in [3.05, 3.63) is 28.1 Å². The fourth-order valence-electron chi connectivity index (χ4n) is 1.90. The number of hydrogen-bond donors (Lipinski definition) is 1. The zero-order chi connectivity index (χ0) is 14.5. The van der Waals surface area contributed by atoms with Gasteiger partial charge < -0.3 is 10.1 Å². The Morgan fingerprint density at radius 1 is 1.45 bits per heavy atom. The highest BCUT2D eigenvalue weighted by molar-refractivity contribution is 14.1. The van der Waals surface area contributed by atoms with Crippen LogP contribution in [0, 0.1) is 3.57 Å². The number of fused-ring (bicyclic) bond motifs is 1. The Morgan fingerprint density at radius 2 is 2.25 bits per heavy atom. The summed E-state index contributed by atoms with van der Waals surface area (Å²) in [6, 6.07) is 5.93. The van der Waals surface area contributed by atoms with E-state index in [4.69, 9.17) is 4.74 Å². The number of halogens is 1. The molecule has 0 spiro atoms. The van der Waals surface area contributed by atoms with E-state index < -0.39 is 0 Å². The largest absolute Gasteiger partial charge is 0.466 e. The Hall–Kier alpha value is -1.44. The minimum absolute atomic E-state index is 0.0509. The first-order valence-electron chi connectivity index (χ1n) is 6.42. The van der Waals surface area contributed by atoms with E-state index in [0.717, 1.165) is 20.3 Å². The molecule has 1 aromatic heterocycles. The van der Waals surface area contributed by atoms with Crippen LogP contribution in [0.2, 0.25) is 0 Å². The monoisotopic (exact) mass is 385 g/mol. The van der Waals surface area contributed by atoms with E-state index >= 15 is 0 Å². The van der Waals surface area contributed by atoms with Crippen molar-refractivity contribution in [2.45, 2.75) is 26.3 Å². The zero-order valence-electron chi connectivity index (χ0n) is 11.4. The standard InChI is InChI=1S/C14H16IN3O2/c1-3-20-13(19)6-9(2)18-14-11-7-10(15)4-5-12(11)16-8-17-14/h4-5,7-9H,3,6H2,1-2H3,(H,16,17,18). The van der Waals surface area contributed by atoms with Gasteiger partial charge in [-0.05, 0) is 54.6 Å². The second-order valence-electron chi connectivity index (χ2n) is 4.44. The highest BCUT2D eigenvalue weighted by Gasteiger charge is 2.12. The summed E-state index contributed by atoms with van der Waals surface area (Å²) in [6.07, 6.45) is 1.83. The molecular formula is C14H16IN3O2. The van der Waals surface area contributed by atoms with Crippen molar-refractivity contribution < 1.29 is 9.53 Å². The third-order valence-corrected chi connectivity index (χ3v) is 3.43. The van der Waals surface area contributed by atoms with Crippen LogP contribution in [0.4, 0.5) is 5.82 Å². The summed E-state index contributed by atoms with van der Waals surface area (Å²) < 4.78 is 6.06. The number of hydrogen-bond acceptors (Lipinski definition) is 5. The smallest absolute Gasteiger partial charge is 0.307 e. The first kappa shape index (κ1) is 15.0. The lowest BCUT2D eigenvalue weighted by atomic mass is 10.2. The van der Waals surface area contributed by atoms with Crippen molar-refractivity contribution >= 4 is 45.3 Å². The Kier molecular flexibility index (Phi) is 5.11. The molecular weight excluding hydrogens is 369 g/mol. The molecule has 0 saturated carbocycles. The molecule has 0 saturated heterocycles. The number of carbonyl (C=O) groups excluding carboxylic acids is 1. The van der Waals surface area contributed by atoms with Gasteiger partial charge >= 0.3 is 5.97 Å². The fraction of sp³-hybridized carbons (Fsp3) is 0.357. The first-order chi connectivity index (χ1) is 9.60. The van der Waals surface area contributed by atoms with Gasteiger partial charge in [0.2, 0.25) is 0 Å². The number of anilines is 1. The number of nitrogens with one attached hydrogen (secondary N) is 1. The van der Waals surface area contributed by atoms with E-state index in [2.05, 4.69) is 37.9 Å². The van der Waals surface area contributed by atoms with Gasteiger partial charge in [-0.2, -0.15) is 0 Å². The van der Waals surface area contributed by atoms with Crippen LogP contribution in [0.3, 0.4) is 0 Å². The quantitative estimate of drug-likeness (QED) is 0.634. The fourth-order valence-corrected chi connectivity index (χ4v) is 2.39. The number of nitrogens with zero attached hydrogens (tertiary/aromatic N) is 2. The summed E-state index contributed by atoms with van der Waals surface area (Å²) in [7, 11) is 0. The van der Waals surface area contributed by atoms with E-state index in [1.165, 1.54) is 6.33 Å². The maximum absolute atomic E-state index is 11.5. The normalized spacial score (nSPS) is 12.2. The summed E-state index contributed by atoms with van der Waals surface area (Å²) in [5.41, 5.74) is 0.881. The van der Waals surface area contributed by atoms with E-state index in [9.17, 15) is 4.79 Å². The molecule has 1 N–H and O–H groups in total. The lowest BCUT2D eigenvalue weighted by molar-refractivity contribution is -0.143. The molecule has 20 heavy (non-hydrogen) atoms. The molecule has 1 aromatic carbocycles. The van der Waals surface area contributed by atoms with E-state index in [0.29, 0.717) is 13.0 Å². The number of rotatable bonds is 5. The lowest BCUT2D eigenvalue weighted by Gasteiger charge is -2.15. The van der Waals surface area contributed by atoms with Crippen LogP contribution in [0.1, 0.15) is 20.3 Å². The molecule has 2 rings (SSSR count). The Balaban J connectivity index is 2.17. The van der Waals surface area contributed by atoms with Gasteiger partial charge in [0.15, 0.2) is 0 Å². The second-order valence-corrected chi connectivity index (χ2v) is 5.68. The molecule has 0 bridgehead atoms. The highest BCUT2D eigenvalue weighted by Crippen LogP contribution is 2.22. The predicted molar refractivity (Wildman–Crippen MR) is 86.6 cm³/mol. The van der Waals surface area contributed by atoms with Gasteiger partial charge in [0.25, 0.3) is 0 Å². The van der Waals surface area contributed by atoms with Crippen molar-refractivity contribution in [2.75, 3.05) is 11.9 Å². The maximum Gasteiger partial charge on any atom is 0.307 e. The minimum Gasteiger partial charge on any atom is -0.466 e. The van der Waals surface area contributed by atoms with Gasteiger partial charge in [0, 0.05) is 15.0 Å². The average molecular weight is 385 g/mol. The Labute approximate surface area is 131 Å². The third-order valence-electron chi connectivity index (χ3n) is 2.76. The van der Waals surface area contributed by atoms with Crippen LogP contribution in [-0.4, -0.2) is 28.6 Å². The summed E-state index contributed by atoms with van der Waals surface area (Å²) in [4.78, 5) is 20.0. The van der Waals surface area contributed by atoms with Crippen LogP contribution in [0.15, 0.2) is 24.5 Å². The maximum atomic E-state index is 11.5. The summed E-state index contributed by atoms with van der Waals surface area (Å²) in [6.45, 7) is 4.13. The van der Waals surface area contributed by atoms with E-state index in [-0.39, 0.29) is 12.0 Å². The van der Waals surface area contributed by atoms with Crippen LogP contribution in [0.5, 0.6) is 0 Å². The SMILES string of the molecule is CCOC(=O)CC(C)Nc1ncnc2ccc(I)cc12. The summed E-state index contributed by atoms with van der Waals surface area (Å²) in [5.74, 6) is 0.533. The van der Waals surface area contributed by atoms with Gasteiger partial charge in [0.05, 0.1) is 18.5 Å². The number of aromatic nitrogens is 2. The van der Waals surface area contributed by atoms with Crippen molar-refractivity contribution in [1.82, 2.24) is 9.97 Å². The molecule has 2 aromatic rings. The zero-order valence-corrected chi connectivity index (χ0v) is 13.5. The van der Waals surface area contributed by atoms with Crippen molar-refractivity contribution in [2.24, 2.45) is 0 Å². The molecule has 0 aliphatic heterocycles. The van der Waals surface area contributed by atoms with Crippen LogP contribution in [0.25, 0.3) is 10.9 Å². The van der Waals surface area contributed by atoms with Crippen molar-refractivity contribution in [1.29, 1.82) is 0 Å². The molecule has 0 radical (unpaired) electrons. The second kappa shape index (κ2) is 6.83. The van der Waals surface area contributed by atoms with Gasteiger partial charge in [-0.1, -0.05) is 0 Å². The Bertz CT molecular complexity index is 618. The number of carbonyl (C=O) groups is 1. The molecule has 5 nitrogen and oxygen atoms in total. The number of ether oxygens (including phenoxy) is 1. The summed E-state index contributed by atoms with van der Waals surface area (Å²) >= 11 is 2.25. The molecule has 1 atom stereocenters. The molecule has 0 aliphatic rings. The molecule has 106 valence electrons. The highest BCUT2D eigenvalue weighted by atomic mass is 127. The number of benzene rings is 1. The molecule has 1 heterocycles. The van der Waals surface area contributed by atoms with Crippen molar-refractivity contribution in [3.8, 4) is 0 Å². The molecule has 0 aliphatic carbocycles. The van der Waals surface area contributed by atoms with Crippen LogP contribution >= 0.6 is 22.6 Å². The van der Waals surface area contributed by atoms with Crippen LogP contribution in [-0.2, 0) is 9.53 Å². The first-order valence-corrected chi connectivity index (χ1v) is 7.50. The van der Waals surface area contributed by atoms with Crippen molar-refractivity contribution in [3.63, 3.8) is 0 Å². The van der Waals surface area contributed by atoms with E-state index in [1.807, 2.05) is 25.1 Å². The predicted octanol–water partition coefficient (Wildman–Crippen LogP) is 2.99. The van der Waals surface area contributed by atoms with Gasteiger partial charge in [0.1, 0.15) is 12.1 Å². The molecule has 0 fully saturated rings. The number of esters is 1. The topological polar surface area (TPSA) is 64.1 Å². The summed E-state index contributed by atoms with van der Waals surface area (Å²) in [5, 5.41) is 4.20. The van der Waals surface area contributed by atoms with E-state index in [1.54, 1.807) is 6.92 Å². The lowest BCUT2D eigenvalue weighted by Crippen LogP contribution is -2.21. The third kappa shape index (κ3) is 3.78. The van der Waals surface area contributed by atoms with Gasteiger partial charge in [-0.15, -0.1) is 0 Å². The molecule has 6 heteroatoms. The molecule has 0 amide bonds. The Morgan fingerprint density at radius 3 is 3.00 bits per heavy atom. The van der Waals surface area contributed by atoms with Gasteiger partial charge in [-0.25, -0.2) is 9.97 Å². The minimum atomic E-state index is -0.208. The van der Waals surface area contributed by atoms with Gasteiger partial charge in [-0.3, -0.25) is 4.79 Å². The van der Waals surface area contributed by atoms with Crippen LogP contribution < -0.4 is 5.32 Å². The molecule has 1 unspecified atom stereocenters. The average Bonchev–Trinajstić information content (AvgIpc) is 2.39.